The Morgan fingerprint density at radius 2 is 1.89 bits per heavy atom. The fraction of sp³-hybridized carbons (Fsp3) is 0.556. The fourth-order valence-corrected chi connectivity index (χ4v) is 4.05. The smallest absolute Gasteiger partial charge is 0.415 e. The van der Waals surface area contributed by atoms with Crippen molar-refractivity contribution < 1.29 is 23.8 Å². The second-order valence-corrected chi connectivity index (χ2v) is 11.0. The molecule has 0 bridgehead atoms. The first-order valence-electron chi connectivity index (χ1n) is 12.7. The highest BCUT2D eigenvalue weighted by molar-refractivity contribution is 5.89. The molecule has 3 heterocycles. The summed E-state index contributed by atoms with van der Waals surface area (Å²) in [6.07, 6.45) is 1.05. The van der Waals surface area contributed by atoms with E-state index in [9.17, 15) is 9.59 Å². The predicted octanol–water partition coefficient (Wildman–Crippen LogP) is 4.90. The molecule has 200 valence electrons. The van der Waals surface area contributed by atoms with Gasteiger partial charge in [0.25, 0.3) is 0 Å². The number of aromatic nitrogens is 2. The summed E-state index contributed by atoms with van der Waals surface area (Å²) in [4.78, 5) is 36.6. The molecule has 1 atom stereocenters. The maximum atomic E-state index is 12.3. The highest BCUT2D eigenvalue weighted by Gasteiger charge is 2.34. The molecule has 37 heavy (non-hydrogen) atoms. The van der Waals surface area contributed by atoms with Crippen molar-refractivity contribution >= 4 is 24.0 Å². The van der Waals surface area contributed by atoms with Crippen LogP contribution in [-0.4, -0.2) is 58.4 Å². The average molecular weight is 512 g/mol. The minimum atomic E-state index is -0.495. The van der Waals surface area contributed by atoms with Gasteiger partial charge in [-0.05, 0) is 44.7 Å². The average Bonchev–Trinajstić information content (AvgIpc) is 2.79. The van der Waals surface area contributed by atoms with E-state index >= 15 is 0 Å². The molecule has 1 N–H and O–H groups in total. The summed E-state index contributed by atoms with van der Waals surface area (Å²) in [6, 6.07) is 8.12. The lowest BCUT2D eigenvalue weighted by atomic mass is 10.1. The normalized spacial score (nSPS) is 16.7. The molecule has 0 saturated carbocycles. The molecule has 1 aromatic carbocycles. The first-order chi connectivity index (χ1) is 17.5. The van der Waals surface area contributed by atoms with Gasteiger partial charge in [-0.25, -0.2) is 14.6 Å². The van der Waals surface area contributed by atoms with E-state index in [0.717, 1.165) is 16.7 Å². The molecule has 2 aliphatic rings. The Balaban J connectivity index is 1.29. The van der Waals surface area contributed by atoms with Crippen LogP contribution >= 0.6 is 0 Å². The van der Waals surface area contributed by atoms with Crippen molar-refractivity contribution in [3.8, 4) is 0 Å². The summed E-state index contributed by atoms with van der Waals surface area (Å²) in [6.45, 7) is 14.0. The number of amides is 2. The largest absolute Gasteiger partial charge is 0.444 e. The molecule has 0 radical (unpaired) electrons. The summed E-state index contributed by atoms with van der Waals surface area (Å²) in [5.74, 6) is 1.34. The molecule has 1 aromatic heterocycles. The van der Waals surface area contributed by atoms with E-state index < -0.39 is 5.60 Å². The third kappa shape index (κ3) is 6.88. The lowest BCUT2D eigenvalue weighted by molar-refractivity contribution is -0.0691. The van der Waals surface area contributed by atoms with E-state index in [1.807, 2.05) is 65.8 Å². The van der Waals surface area contributed by atoms with Crippen LogP contribution in [0.1, 0.15) is 64.3 Å². The first-order valence-corrected chi connectivity index (χ1v) is 12.7. The van der Waals surface area contributed by atoms with Gasteiger partial charge >= 0.3 is 12.2 Å². The fourth-order valence-electron chi connectivity index (χ4n) is 4.05. The van der Waals surface area contributed by atoms with Gasteiger partial charge in [-0.2, -0.15) is 4.98 Å². The number of nitrogens with zero attached hydrogens (tertiary/aromatic N) is 4. The Labute approximate surface area is 218 Å². The molecule has 0 unspecified atom stereocenters. The zero-order chi connectivity index (χ0) is 26.7. The van der Waals surface area contributed by atoms with Crippen molar-refractivity contribution in [2.45, 2.75) is 72.5 Å². The Morgan fingerprint density at radius 1 is 1.19 bits per heavy atom. The Kier molecular flexibility index (Phi) is 7.87. The highest BCUT2D eigenvalue weighted by Crippen LogP contribution is 2.27. The van der Waals surface area contributed by atoms with Crippen LogP contribution in [0.2, 0.25) is 0 Å². The molecule has 0 spiro atoms. The maximum Gasteiger partial charge on any atom is 0.415 e. The summed E-state index contributed by atoms with van der Waals surface area (Å²) in [5, 5.41) is 3.33. The zero-order valence-corrected chi connectivity index (χ0v) is 22.5. The minimum Gasteiger partial charge on any atom is -0.444 e. The van der Waals surface area contributed by atoms with Gasteiger partial charge in [0.2, 0.25) is 5.95 Å². The van der Waals surface area contributed by atoms with Crippen molar-refractivity contribution in [3.05, 3.63) is 47.2 Å². The summed E-state index contributed by atoms with van der Waals surface area (Å²) in [5.41, 5.74) is 2.43. The Hall–Kier alpha value is -3.40. The quantitative estimate of drug-likeness (QED) is 0.534. The molecule has 10 heteroatoms. The monoisotopic (exact) mass is 511 g/mol. The second kappa shape index (κ2) is 10.9. The molecule has 10 nitrogen and oxygen atoms in total. The van der Waals surface area contributed by atoms with Gasteiger partial charge < -0.3 is 24.4 Å². The molecular formula is C27H37N5O5. The number of rotatable bonds is 8. The van der Waals surface area contributed by atoms with Crippen LogP contribution in [0.4, 0.5) is 21.4 Å². The van der Waals surface area contributed by atoms with Gasteiger partial charge in [0.05, 0.1) is 37.4 Å². The van der Waals surface area contributed by atoms with Crippen molar-refractivity contribution in [1.82, 2.24) is 14.9 Å². The van der Waals surface area contributed by atoms with Crippen molar-refractivity contribution in [1.29, 1.82) is 0 Å². The number of benzene rings is 1. The van der Waals surface area contributed by atoms with E-state index in [1.165, 1.54) is 0 Å². The molecule has 0 aliphatic carbocycles. The number of carbonyl (C=O) groups is 2. The van der Waals surface area contributed by atoms with Crippen LogP contribution in [0.3, 0.4) is 0 Å². The topological polar surface area (TPSA) is 106 Å². The van der Waals surface area contributed by atoms with Crippen molar-refractivity contribution in [3.63, 3.8) is 0 Å². The van der Waals surface area contributed by atoms with E-state index in [1.54, 1.807) is 16.0 Å². The lowest BCUT2D eigenvalue weighted by Crippen LogP contribution is -2.55. The van der Waals surface area contributed by atoms with Gasteiger partial charge in [0, 0.05) is 12.7 Å². The number of nitrogens with one attached hydrogen (secondary N) is 1. The van der Waals surface area contributed by atoms with Crippen LogP contribution < -0.4 is 10.2 Å². The van der Waals surface area contributed by atoms with Crippen LogP contribution in [0.25, 0.3) is 0 Å². The first kappa shape index (κ1) is 26.7. The molecule has 1 saturated heterocycles. The third-order valence-corrected chi connectivity index (χ3v) is 6.03. The summed E-state index contributed by atoms with van der Waals surface area (Å²) >= 11 is 0. The molecule has 4 rings (SSSR count). The van der Waals surface area contributed by atoms with Crippen LogP contribution in [0.5, 0.6) is 0 Å². The van der Waals surface area contributed by atoms with Crippen LogP contribution in [0.15, 0.2) is 30.5 Å². The lowest BCUT2D eigenvalue weighted by Gasteiger charge is -2.39. The van der Waals surface area contributed by atoms with E-state index in [-0.39, 0.29) is 36.9 Å². The van der Waals surface area contributed by atoms with Gasteiger partial charge in [-0.1, -0.05) is 38.1 Å². The molecule has 2 amide bonds. The zero-order valence-electron chi connectivity index (χ0n) is 22.5. The third-order valence-electron chi connectivity index (χ3n) is 6.03. The van der Waals surface area contributed by atoms with Gasteiger partial charge in [0.15, 0.2) is 0 Å². The Morgan fingerprint density at radius 3 is 2.54 bits per heavy atom. The van der Waals surface area contributed by atoms with Crippen molar-refractivity contribution in [2.24, 2.45) is 5.92 Å². The molecule has 2 aromatic rings. The summed E-state index contributed by atoms with van der Waals surface area (Å²) < 4.78 is 16.6. The number of anilines is 2. The number of hydrogen-bond acceptors (Lipinski definition) is 8. The SMILES string of the molecule is CC(C)CN1C(=O)OCc2cnc(N[C@@H](C)c3ccc(COC4CN(C(=O)OC(C)(C)C)C4)cc3)nc21. The van der Waals surface area contributed by atoms with Crippen LogP contribution in [-0.2, 0) is 27.4 Å². The number of cyclic esters (lactones) is 1. The molecule has 2 aliphatic heterocycles. The molecule has 1 fully saturated rings. The highest BCUT2D eigenvalue weighted by atomic mass is 16.6. The predicted molar refractivity (Wildman–Crippen MR) is 139 cm³/mol. The van der Waals surface area contributed by atoms with E-state index in [4.69, 9.17) is 14.2 Å². The van der Waals surface area contributed by atoms with Gasteiger partial charge in [-0.15, -0.1) is 0 Å². The van der Waals surface area contributed by atoms with Gasteiger partial charge in [-0.3, -0.25) is 4.90 Å². The maximum absolute atomic E-state index is 12.3. The van der Waals surface area contributed by atoms with Crippen molar-refractivity contribution in [2.75, 3.05) is 29.9 Å². The van der Waals surface area contributed by atoms with E-state index in [0.29, 0.717) is 38.0 Å². The number of ether oxygens (including phenoxy) is 3. The summed E-state index contributed by atoms with van der Waals surface area (Å²) in [7, 11) is 0. The van der Waals surface area contributed by atoms with Crippen LogP contribution in [0, 0.1) is 5.92 Å². The standard InChI is InChI=1S/C27H37N5O5/c1-17(2)12-32-23-21(16-36-26(32)34)11-28-24(30-23)29-18(3)20-9-7-19(8-10-20)15-35-22-13-31(14-22)25(33)37-27(4,5)6/h7-11,17-18,22H,12-16H2,1-6H3,(H,28,29,30)/t18-/m0/s1. The number of hydrogen-bond donors (Lipinski definition) is 1. The van der Waals surface area contributed by atoms with Gasteiger partial charge in [0.1, 0.15) is 18.0 Å². The number of carbonyl (C=O) groups excluding carboxylic acids is 2. The number of fused-ring (bicyclic) bond motifs is 1. The minimum absolute atomic E-state index is 0.0153. The van der Waals surface area contributed by atoms with E-state index in [2.05, 4.69) is 15.3 Å². The Bertz CT molecular complexity index is 1110. The second-order valence-electron chi connectivity index (χ2n) is 11.0. The molecular weight excluding hydrogens is 474 g/mol. The number of likely N-dealkylation sites (tertiary alicyclic amines) is 1.